The predicted octanol–water partition coefficient (Wildman–Crippen LogP) is 2.77. The number of nitrogens with zero attached hydrogens (tertiary/aromatic N) is 1. The molecule has 132 valence electrons. The van der Waals surface area contributed by atoms with Crippen LogP contribution in [0.2, 0.25) is 0 Å². The molecule has 0 bridgehead atoms. The van der Waals surface area contributed by atoms with Crippen LogP contribution in [0.5, 0.6) is 5.75 Å². The molecule has 0 aliphatic carbocycles. The van der Waals surface area contributed by atoms with Gasteiger partial charge in [-0.15, -0.1) is 24.0 Å². The number of guanidine groups is 1. The zero-order valence-corrected chi connectivity index (χ0v) is 15.4. The molecule has 0 heterocycles. The summed E-state index contributed by atoms with van der Waals surface area (Å²) in [6.45, 7) is 2.05. The minimum absolute atomic E-state index is 0. The minimum Gasteiger partial charge on any atom is -0.497 e. The van der Waals surface area contributed by atoms with Gasteiger partial charge in [-0.3, -0.25) is 0 Å². The Kier molecular flexibility index (Phi) is 9.28. The van der Waals surface area contributed by atoms with Gasteiger partial charge in [-0.1, -0.05) is 6.07 Å². The van der Waals surface area contributed by atoms with E-state index < -0.39 is 11.7 Å². The first-order valence-corrected chi connectivity index (χ1v) is 6.57. The van der Waals surface area contributed by atoms with Crippen molar-refractivity contribution in [2.75, 3.05) is 20.8 Å². The summed E-state index contributed by atoms with van der Waals surface area (Å²) < 4.78 is 48.8. The predicted molar refractivity (Wildman–Crippen MR) is 93.2 cm³/mol. The molecule has 0 aliphatic rings. The average Bonchev–Trinajstić information content (AvgIpc) is 2.44. The fourth-order valence-corrected chi connectivity index (χ4v) is 1.84. The van der Waals surface area contributed by atoms with Crippen molar-refractivity contribution in [1.29, 1.82) is 0 Å². The van der Waals surface area contributed by atoms with Gasteiger partial charge < -0.3 is 20.5 Å². The molecule has 1 atom stereocenters. The summed E-state index contributed by atoms with van der Waals surface area (Å²) in [6, 6.07) is 3.64. The van der Waals surface area contributed by atoms with Gasteiger partial charge in [-0.2, -0.15) is 13.2 Å². The Balaban J connectivity index is 0.00000484. The Morgan fingerprint density at radius 2 is 2.00 bits per heavy atom. The molecule has 23 heavy (non-hydrogen) atoms. The Morgan fingerprint density at radius 3 is 2.52 bits per heavy atom. The van der Waals surface area contributed by atoms with Crippen molar-refractivity contribution >= 4 is 29.9 Å². The number of aliphatic imine (C=N–C) groups is 1. The standard InChI is InChI=1S/C14H20F3N3O2.HI/c1-9(8-21-2)20-13(18)19-7-10-4-5-11(22-3)6-12(10)14(15,16)17;/h4-6,9H,7-8H2,1-3H3,(H3,18,19,20);1H. The molecule has 0 amide bonds. The van der Waals surface area contributed by atoms with Crippen molar-refractivity contribution in [3.8, 4) is 5.75 Å². The van der Waals surface area contributed by atoms with Crippen LogP contribution in [0.25, 0.3) is 0 Å². The zero-order chi connectivity index (χ0) is 16.8. The normalized spacial score (nSPS) is 13.2. The summed E-state index contributed by atoms with van der Waals surface area (Å²) in [7, 11) is 2.85. The molecule has 9 heteroatoms. The second-order valence-corrected chi connectivity index (χ2v) is 4.72. The third-order valence-electron chi connectivity index (χ3n) is 2.85. The van der Waals surface area contributed by atoms with E-state index in [1.54, 1.807) is 7.11 Å². The van der Waals surface area contributed by atoms with E-state index in [1.165, 1.54) is 19.2 Å². The molecule has 0 saturated carbocycles. The van der Waals surface area contributed by atoms with E-state index in [0.717, 1.165) is 6.07 Å². The quantitative estimate of drug-likeness (QED) is 0.400. The molecule has 0 aliphatic heterocycles. The van der Waals surface area contributed by atoms with E-state index in [0.29, 0.717) is 6.61 Å². The summed E-state index contributed by atoms with van der Waals surface area (Å²) in [5.41, 5.74) is 4.89. The zero-order valence-electron chi connectivity index (χ0n) is 13.1. The van der Waals surface area contributed by atoms with Crippen LogP contribution in [-0.2, 0) is 17.5 Å². The molecule has 0 spiro atoms. The van der Waals surface area contributed by atoms with Gasteiger partial charge in [0.05, 0.1) is 25.8 Å². The molecular formula is C14H21F3IN3O2. The highest BCUT2D eigenvalue weighted by molar-refractivity contribution is 14.0. The number of rotatable bonds is 6. The third-order valence-corrected chi connectivity index (χ3v) is 2.85. The third kappa shape index (κ3) is 7.25. The van der Waals surface area contributed by atoms with Gasteiger partial charge in [0, 0.05) is 13.2 Å². The molecule has 1 unspecified atom stereocenters. The number of benzene rings is 1. The molecule has 1 aromatic carbocycles. The number of nitrogens with one attached hydrogen (secondary N) is 1. The summed E-state index contributed by atoms with van der Waals surface area (Å²) in [5.74, 6) is 0.202. The Hall–Kier alpha value is -1.23. The molecule has 1 rings (SSSR count). The van der Waals surface area contributed by atoms with Gasteiger partial charge >= 0.3 is 6.18 Å². The largest absolute Gasteiger partial charge is 0.497 e. The molecule has 0 fully saturated rings. The van der Waals surface area contributed by atoms with E-state index >= 15 is 0 Å². The highest BCUT2D eigenvalue weighted by Crippen LogP contribution is 2.34. The van der Waals surface area contributed by atoms with Gasteiger partial charge in [0.1, 0.15) is 5.75 Å². The molecule has 3 N–H and O–H groups in total. The van der Waals surface area contributed by atoms with Crippen LogP contribution in [0.3, 0.4) is 0 Å². The first kappa shape index (κ1) is 21.8. The van der Waals surface area contributed by atoms with Crippen molar-refractivity contribution in [3.05, 3.63) is 29.3 Å². The molecule has 0 aromatic heterocycles. The van der Waals surface area contributed by atoms with Crippen molar-refractivity contribution in [2.24, 2.45) is 10.7 Å². The number of nitrogens with two attached hydrogens (primary N) is 1. The summed E-state index contributed by atoms with van der Waals surface area (Å²) in [4.78, 5) is 3.93. The van der Waals surface area contributed by atoms with E-state index in [-0.39, 0.29) is 53.8 Å². The topological polar surface area (TPSA) is 68.9 Å². The van der Waals surface area contributed by atoms with E-state index in [9.17, 15) is 13.2 Å². The second-order valence-electron chi connectivity index (χ2n) is 4.72. The lowest BCUT2D eigenvalue weighted by molar-refractivity contribution is -0.138. The van der Waals surface area contributed by atoms with Gasteiger partial charge in [0.25, 0.3) is 0 Å². The van der Waals surface area contributed by atoms with Crippen LogP contribution in [0.1, 0.15) is 18.1 Å². The fourth-order valence-electron chi connectivity index (χ4n) is 1.84. The number of ether oxygens (including phenoxy) is 2. The van der Waals surface area contributed by atoms with Crippen LogP contribution < -0.4 is 15.8 Å². The van der Waals surface area contributed by atoms with Crippen LogP contribution in [-0.4, -0.2) is 32.8 Å². The lowest BCUT2D eigenvalue weighted by atomic mass is 10.1. The molecule has 5 nitrogen and oxygen atoms in total. The lowest BCUT2D eigenvalue weighted by Crippen LogP contribution is -2.40. The number of methoxy groups -OCH3 is 2. The van der Waals surface area contributed by atoms with Crippen molar-refractivity contribution < 1.29 is 22.6 Å². The Labute approximate surface area is 150 Å². The monoisotopic (exact) mass is 447 g/mol. The van der Waals surface area contributed by atoms with E-state index in [1.807, 2.05) is 6.92 Å². The molecular weight excluding hydrogens is 426 g/mol. The minimum atomic E-state index is -4.48. The number of hydrogen-bond donors (Lipinski definition) is 2. The number of alkyl halides is 3. The first-order valence-electron chi connectivity index (χ1n) is 6.57. The van der Waals surface area contributed by atoms with Gasteiger partial charge in [0.2, 0.25) is 0 Å². The average molecular weight is 447 g/mol. The van der Waals surface area contributed by atoms with Crippen LogP contribution in [0, 0.1) is 0 Å². The fraction of sp³-hybridized carbons (Fsp3) is 0.500. The summed E-state index contributed by atoms with van der Waals surface area (Å²) in [5, 5.41) is 2.83. The van der Waals surface area contributed by atoms with Crippen LogP contribution in [0.15, 0.2) is 23.2 Å². The molecule has 0 saturated heterocycles. The van der Waals surface area contributed by atoms with E-state index in [4.69, 9.17) is 15.2 Å². The maximum absolute atomic E-state index is 13.0. The van der Waals surface area contributed by atoms with Crippen molar-refractivity contribution in [1.82, 2.24) is 5.32 Å². The van der Waals surface area contributed by atoms with E-state index in [2.05, 4.69) is 10.3 Å². The maximum atomic E-state index is 13.0. The number of halogens is 4. The Bertz CT molecular complexity index is 524. The van der Waals surface area contributed by atoms with Crippen molar-refractivity contribution in [2.45, 2.75) is 25.7 Å². The summed E-state index contributed by atoms with van der Waals surface area (Å²) >= 11 is 0. The number of hydrogen-bond acceptors (Lipinski definition) is 3. The highest BCUT2D eigenvalue weighted by Gasteiger charge is 2.33. The highest BCUT2D eigenvalue weighted by atomic mass is 127. The molecule has 0 radical (unpaired) electrons. The second kappa shape index (κ2) is 9.81. The SMILES string of the molecule is COCC(C)NC(N)=NCc1ccc(OC)cc1C(F)(F)F.I. The molecule has 1 aromatic rings. The maximum Gasteiger partial charge on any atom is 0.416 e. The van der Waals surface area contributed by atoms with Crippen LogP contribution in [0.4, 0.5) is 13.2 Å². The van der Waals surface area contributed by atoms with Crippen molar-refractivity contribution in [3.63, 3.8) is 0 Å². The summed E-state index contributed by atoms with van der Waals surface area (Å²) in [6.07, 6.45) is -4.48. The first-order chi connectivity index (χ1) is 10.3. The lowest BCUT2D eigenvalue weighted by Gasteiger charge is -2.15. The van der Waals surface area contributed by atoms with Gasteiger partial charge in [0.15, 0.2) is 5.96 Å². The van der Waals surface area contributed by atoms with Crippen LogP contribution >= 0.6 is 24.0 Å². The smallest absolute Gasteiger partial charge is 0.416 e. The Morgan fingerprint density at radius 1 is 1.35 bits per heavy atom. The van der Waals surface area contributed by atoms with Gasteiger partial charge in [-0.25, -0.2) is 4.99 Å². The van der Waals surface area contributed by atoms with Gasteiger partial charge in [-0.05, 0) is 24.6 Å².